The van der Waals surface area contributed by atoms with Gasteiger partial charge in [-0.3, -0.25) is 20.3 Å². The molecule has 0 aliphatic heterocycles. The van der Waals surface area contributed by atoms with E-state index in [9.17, 15) is 14.9 Å². The van der Waals surface area contributed by atoms with Crippen LogP contribution in [0.1, 0.15) is 9.67 Å². The van der Waals surface area contributed by atoms with Crippen molar-refractivity contribution >= 4 is 44.1 Å². The molecule has 0 aliphatic rings. The molecule has 0 radical (unpaired) electrons. The number of rotatable bonds is 3. The minimum atomic E-state index is -0.450. The number of nitro groups is 1. The van der Waals surface area contributed by atoms with Crippen molar-refractivity contribution < 1.29 is 9.72 Å². The standard InChI is InChI=1S/C16H10N4O3S/c21-16(18-19-9-17-12-3-1-2-4-13(12)19)15-8-10-7-11(20(22)23)5-6-14(10)24-15/h1-9H,(H,18,21). The molecule has 0 spiro atoms. The summed E-state index contributed by atoms with van der Waals surface area (Å²) in [5.41, 5.74) is 4.35. The molecule has 4 rings (SSSR count). The second kappa shape index (κ2) is 5.43. The third-order valence-electron chi connectivity index (χ3n) is 3.61. The predicted molar refractivity (Wildman–Crippen MR) is 91.9 cm³/mol. The Bertz CT molecular complexity index is 1100. The summed E-state index contributed by atoms with van der Waals surface area (Å²) in [6.45, 7) is 0. The van der Waals surface area contributed by atoms with E-state index in [1.54, 1.807) is 23.1 Å². The van der Waals surface area contributed by atoms with Crippen LogP contribution in [0.15, 0.2) is 54.9 Å². The summed E-state index contributed by atoms with van der Waals surface area (Å²) in [6.07, 6.45) is 1.54. The van der Waals surface area contributed by atoms with Crippen molar-refractivity contribution in [3.8, 4) is 0 Å². The van der Waals surface area contributed by atoms with Gasteiger partial charge < -0.3 is 0 Å². The zero-order valence-corrected chi connectivity index (χ0v) is 13.0. The molecule has 0 saturated heterocycles. The summed E-state index contributed by atoms with van der Waals surface area (Å²) in [4.78, 5) is 27.5. The number of nitrogens with one attached hydrogen (secondary N) is 1. The first-order valence-electron chi connectivity index (χ1n) is 7.03. The first-order valence-corrected chi connectivity index (χ1v) is 7.85. The topological polar surface area (TPSA) is 90.1 Å². The van der Waals surface area contributed by atoms with Crippen molar-refractivity contribution in [3.05, 3.63) is 69.8 Å². The lowest BCUT2D eigenvalue weighted by molar-refractivity contribution is -0.384. The number of thiophene rings is 1. The second-order valence-electron chi connectivity index (χ2n) is 5.13. The number of benzene rings is 2. The highest BCUT2D eigenvalue weighted by Crippen LogP contribution is 2.29. The van der Waals surface area contributed by atoms with Gasteiger partial charge >= 0.3 is 0 Å². The lowest BCUT2D eigenvalue weighted by Gasteiger charge is -2.04. The van der Waals surface area contributed by atoms with Crippen LogP contribution in [0.3, 0.4) is 0 Å². The molecule has 0 atom stereocenters. The molecule has 7 nitrogen and oxygen atoms in total. The molecule has 0 saturated carbocycles. The summed E-state index contributed by atoms with van der Waals surface area (Å²) < 4.78 is 2.38. The van der Waals surface area contributed by atoms with Gasteiger partial charge in [0.2, 0.25) is 0 Å². The van der Waals surface area contributed by atoms with Gasteiger partial charge in [0.1, 0.15) is 6.33 Å². The van der Waals surface area contributed by atoms with E-state index in [0.29, 0.717) is 10.3 Å². The van der Waals surface area contributed by atoms with Crippen molar-refractivity contribution in [2.45, 2.75) is 0 Å². The maximum absolute atomic E-state index is 12.5. The third kappa shape index (κ3) is 2.38. The zero-order valence-electron chi connectivity index (χ0n) is 12.2. The Morgan fingerprint density at radius 3 is 2.88 bits per heavy atom. The lowest BCUT2D eigenvalue weighted by atomic mass is 10.2. The van der Waals surface area contributed by atoms with Crippen LogP contribution in [0.2, 0.25) is 0 Å². The smallest absolute Gasteiger partial charge is 0.266 e. The monoisotopic (exact) mass is 338 g/mol. The van der Waals surface area contributed by atoms with Gasteiger partial charge in [-0.25, -0.2) is 9.66 Å². The van der Waals surface area contributed by atoms with Crippen molar-refractivity contribution in [3.63, 3.8) is 0 Å². The summed E-state index contributed by atoms with van der Waals surface area (Å²) in [5.74, 6) is -0.290. The van der Waals surface area contributed by atoms with E-state index in [2.05, 4.69) is 10.4 Å². The Morgan fingerprint density at radius 2 is 2.04 bits per heavy atom. The third-order valence-corrected chi connectivity index (χ3v) is 4.72. The maximum atomic E-state index is 12.5. The molecular formula is C16H10N4O3S. The van der Waals surface area contributed by atoms with Gasteiger partial charge in [-0.05, 0) is 24.3 Å². The van der Waals surface area contributed by atoms with Crippen molar-refractivity contribution in [1.29, 1.82) is 0 Å². The Kier molecular flexibility index (Phi) is 3.24. The van der Waals surface area contributed by atoms with Crippen LogP contribution in [-0.2, 0) is 0 Å². The van der Waals surface area contributed by atoms with Gasteiger partial charge in [-0.15, -0.1) is 11.3 Å². The number of nitrogens with zero attached hydrogens (tertiary/aromatic N) is 3. The van der Waals surface area contributed by atoms with E-state index < -0.39 is 4.92 Å². The largest absolute Gasteiger partial charge is 0.280 e. The Balaban J connectivity index is 1.66. The average molecular weight is 338 g/mol. The first kappa shape index (κ1) is 14.3. The van der Waals surface area contributed by atoms with Gasteiger partial charge in [-0.2, -0.15) is 0 Å². The zero-order chi connectivity index (χ0) is 16.7. The van der Waals surface area contributed by atoms with Gasteiger partial charge in [0.05, 0.1) is 20.8 Å². The summed E-state index contributed by atoms with van der Waals surface area (Å²) in [7, 11) is 0. The summed E-state index contributed by atoms with van der Waals surface area (Å²) in [6, 6.07) is 13.7. The number of aromatic nitrogens is 2. The van der Waals surface area contributed by atoms with Gasteiger partial charge in [-0.1, -0.05) is 12.1 Å². The molecule has 0 unspecified atom stereocenters. The molecule has 0 bridgehead atoms. The molecule has 4 aromatic rings. The van der Waals surface area contributed by atoms with Crippen LogP contribution in [0, 0.1) is 10.1 Å². The highest BCUT2D eigenvalue weighted by atomic mass is 32.1. The van der Waals surface area contributed by atoms with Crippen LogP contribution in [0.5, 0.6) is 0 Å². The van der Waals surface area contributed by atoms with Crippen LogP contribution in [0.25, 0.3) is 21.1 Å². The van der Waals surface area contributed by atoms with Crippen LogP contribution in [0.4, 0.5) is 5.69 Å². The maximum Gasteiger partial charge on any atom is 0.280 e. The van der Waals surface area contributed by atoms with E-state index in [0.717, 1.165) is 15.7 Å². The number of carbonyl (C=O) groups excluding carboxylic acids is 1. The molecule has 24 heavy (non-hydrogen) atoms. The summed E-state index contributed by atoms with van der Waals surface area (Å²) in [5, 5.41) is 11.5. The number of non-ortho nitro benzene ring substituents is 1. The fourth-order valence-corrected chi connectivity index (χ4v) is 3.40. The molecule has 0 fully saturated rings. The minimum Gasteiger partial charge on any atom is -0.266 e. The number of carbonyl (C=O) groups is 1. The quantitative estimate of drug-likeness (QED) is 0.457. The van der Waals surface area contributed by atoms with E-state index in [1.165, 1.54) is 23.5 Å². The Morgan fingerprint density at radius 1 is 1.21 bits per heavy atom. The number of hydrogen-bond donors (Lipinski definition) is 1. The molecule has 2 aromatic heterocycles. The van der Waals surface area contributed by atoms with Crippen molar-refractivity contribution in [2.75, 3.05) is 5.43 Å². The number of hydrogen-bond acceptors (Lipinski definition) is 5. The van der Waals surface area contributed by atoms with Crippen molar-refractivity contribution in [1.82, 2.24) is 9.66 Å². The van der Waals surface area contributed by atoms with Crippen LogP contribution < -0.4 is 5.43 Å². The second-order valence-corrected chi connectivity index (χ2v) is 6.22. The summed E-state index contributed by atoms with van der Waals surface area (Å²) >= 11 is 1.28. The van der Waals surface area contributed by atoms with Gasteiger partial charge in [0.25, 0.3) is 11.6 Å². The van der Waals surface area contributed by atoms with Crippen molar-refractivity contribution in [2.24, 2.45) is 0 Å². The Labute approximate surface area is 139 Å². The average Bonchev–Trinajstić information content (AvgIpc) is 3.18. The SMILES string of the molecule is O=C(Nn1cnc2ccccc21)c1cc2cc([N+](=O)[O-])ccc2s1. The van der Waals surface area contributed by atoms with Crippen LogP contribution in [-0.4, -0.2) is 20.5 Å². The number of fused-ring (bicyclic) bond motifs is 2. The van der Waals surface area contributed by atoms with E-state index in [-0.39, 0.29) is 11.6 Å². The van der Waals surface area contributed by atoms with Gasteiger partial charge in [0, 0.05) is 22.2 Å². The molecule has 8 heteroatoms. The highest BCUT2D eigenvalue weighted by molar-refractivity contribution is 7.20. The molecule has 1 amide bonds. The van der Waals surface area contributed by atoms with E-state index >= 15 is 0 Å². The molecule has 2 aromatic carbocycles. The number of para-hydroxylation sites is 2. The molecule has 1 N–H and O–H groups in total. The van der Waals surface area contributed by atoms with Crippen LogP contribution >= 0.6 is 11.3 Å². The van der Waals surface area contributed by atoms with E-state index in [1.807, 2.05) is 24.3 Å². The number of imidazole rings is 1. The highest BCUT2D eigenvalue weighted by Gasteiger charge is 2.14. The van der Waals surface area contributed by atoms with Gasteiger partial charge in [0.15, 0.2) is 0 Å². The fraction of sp³-hybridized carbons (Fsp3) is 0. The normalized spacial score (nSPS) is 11.0. The fourth-order valence-electron chi connectivity index (χ4n) is 2.47. The lowest BCUT2D eigenvalue weighted by Crippen LogP contribution is -2.21. The number of nitro benzene ring substituents is 1. The molecule has 118 valence electrons. The molecule has 0 aliphatic carbocycles. The Hall–Kier alpha value is -3.26. The minimum absolute atomic E-state index is 0.00728. The predicted octanol–water partition coefficient (Wildman–Crippen LogP) is 3.54. The molecular weight excluding hydrogens is 328 g/mol. The number of amides is 1. The molecule has 2 heterocycles. The van der Waals surface area contributed by atoms with E-state index in [4.69, 9.17) is 0 Å². The first-order chi connectivity index (χ1) is 11.6.